The lowest BCUT2D eigenvalue weighted by Crippen LogP contribution is -2.03. The van der Waals surface area contributed by atoms with Crippen molar-refractivity contribution in [3.05, 3.63) is 72.8 Å². The van der Waals surface area contributed by atoms with Gasteiger partial charge in [0.2, 0.25) is 0 Å². The second-order valence-electron chi connectivity index (χ2n) is 6.27. The Hall–Kier alpha value is -3.06. The van der Waals surface area contributed by atoms with Crippen LogP contribution in [0.1, 0.15) is 11.6 Å². The number of fused-ring (bicyclic) bond motifs is 1. The van der Waals surface area contributed by atoms with Crippen LogP contribution in [0.15, 0.2) is 66.3 Å². The van der Waals surface area contributed by atoms with Gasteiger partial charge in [-0.2, -0.15) is 0 Å². The number of imidazole rings is 1. The van der Waals surface area contributed by atoms with E-state index in [1.807, 2.05) is 55.5 Å². The molecule has 0 unspecified atom stereocenters. The molecule has 28 heavy (non-hydrogen) atoms. The normalized spacial score (nSPS) is 11.1. The minimum absolute atomic E-state index is 0.677. The number of allylic oxidation sites excluding steroid dienone is 1. The first-order chi connectivity index (χ1) is 13.7. The monoisotopic (exact) mass is 391 g/mol. The maximum Gasteiger partial charge on any atom is 0.191 e. The number of aryl methyl sites for hydroxylation is 1. The summed E-state index contributed by atoms with van der Waals surface area (Å²) in [5, 5.41) is 9.36. The van der Waals surface area contributed by atoms with Gasteiger partial charge in [0.25, 0.3) is 0 Å². The minimum atomic E-state index is 0.677. The number of aromatic nitrogens is 5. The maximum absolute atomic E-state index is 5.29. The fourth-order valence-corrected chi connectivity index (χ4v) is 4.04. The number of thioether (sulfide) groups is 1. The Labute approximate surface area is 167 Å². The smallest absolute Gasteiger partial charge is 0.191 e. The van der Waals surface area contributed by atoms with Crippen LogP contribution in [0.25, 0.3) is 16.7 Å². The largest absolute Gasteiger partial charge is 0.497 e. The summed E-state index contributed by atoms with van der Waals surface area (Å²) in [6.45, 7) is 6.46. The molecule has 6 nitrogen and oxygen atoms in total. The molecule has 2 aromatic heterocycles. The molecule has 0 fully saturated rings. The Morgan fingerprint density at radius 1 is 1.11 bits per heavy atom. The Kier molecular flexibility index (Phi) is 5.16. The van der Waals surface area contributed by atoms with Gasteiger partial charge >= 0.3 is 0 Å². The molecule has 2 heterocycles. The lowest BCUT2D eigenvalue weighted by molar-refractivity contribution is 0.414. The minimum Gasteiger partial charge on any atom is -0.497 e. The number of para-hydroxylation sites is 2. The van der Waals surface area contributed by atoms with E-state index in [0.29, 0.717) is 12.3 Å². The van der Waals surface area contributed by atoms with Crippen molar-refractivity contribution >= 4 is 22.8 Å². The molecule has 4 aromatic rings. The molecule has 0 aliphatic heterocycles. The zero-order valence-corrected chi connectivity index (χ0v) is 16.7. The first-order valence-corrected chi connectivity index (χ1v) is 9.94. The number of benzene rings is 2. The van der Waals surface area contributed by atoms with Crippen molar-refractivity contribution in [1.82, 2.24) is 24.3 Å². The summed E-state index contributed by atoms with van der Waals surface area (Å²) in [6.07, 6.45) is 1.85. The van der Waals surface area contributed by atoms with Crippen LogP contribution in [0, 0.1) is 6.92 Å². The molecule has 2 aromatic carbocycles. The van der Waals surface area contributed by atoms with E-state index in [0.717, 1.165) is 39.3 Å². The molecule has 0 radical (unpaired) electrons. The first kappa shape index (κ1) is 18.3. The average molecular weight is 392 g/mol. The van der Waals surface area contributed by atoms with Crippen molar-refractivity contribution < 1.29 is 4.74 Å². The van der Waals surface area contributed by atoms with Gasteiger partial charge in [-0.15, -0.1) is 16.8 Å². The first-order valence-electron chi connectivity index (χ1n) is 8.95. The molecule has 0 spiro atoms. The Balaban J connectivity index is 1.71. The molecule has 0 saturated heterocycles. The quantitative estimate of drug-likeness (QED) is 0.345. The second kappa shape index (κ2) is 7.90. The van der Waals surface area contributed by atoms with Gasteiger partial charge < -0.3 is 9.30 Å². The van der Waals surface area contributed by atoms with Crippen molar-refractivity contribution in [2.24, 2.45) is 0 Å². The summed E-state index contributed by atoms with van der Waals surface area (Å²) < 4.78 is 9.53. The molecule has 0 saturated carbocycles. The van der Waals surface area contributed by atoms with Crippen LogP contribution in [0.5, 0.6) is 5.75 Å². The number of rotatable bonds is 7. The summed E-state index contributed by atoms with van der Waals surface area (Å²) in [6, 6.07) is 16.2. The van der Waals surface area contributed by atoms with E-state index in [4.69, 9.17) is 9.72 Å². The summed E-state index contributed by atoms with van der Waals surface area (Å²) in [7, 11) is 1.67. The van der Waals surface area contributed by atoms with Crippen molar-refractivity contribution in [2.75, 3.05) is 7.11 Å². The van der Waals surface area contributed by atoms with Gasteiger partial charge in [0, 0.05) is 12.2 Å². The van der Waals surface area contributed by atoms with Crippen molar-refractivity contribution in [3.8, 4) is 11.4 Å². The van der Waals surface area contributed by atoms with Crippen LogP contribution in [0.2, 0.25) is 0 Å². The average Bonchev–Trinajstić information content (AvgIpc) is 3.27. The van der Waals surface area contributed by atoms with Crippen LogP contribution in [-0.2, 0) is 12.3 Å². The number of hydrogen-bond donors (Lipinski definition) is 0. The highest BCUT2D eigenvalue weighted by Gasteiger charge is 2.15. The highest BCUT2D eigenvalue weighted by molar-refractivity contribution is 7.98. The van der Waals surface area contributed by atoms with Gasteiger partial charge in [-0.05, 0) is 43.3 Å². The van der Waals surface area contributed by atoms with Crippen molar-refractivity contribution in [3.63, 3.8) is 0 Å². The lowest BCUT2D eigenvalue weighted by Gasteiger charge is -2.10. The zero-order valence-electron chi connectivity index (χ0n) is 15.9. The van der Waals surface area contributed by atoms with E-state index >= 15 is 0 Å². The van der Waals surface area contributed by atoms with Crippen molar-refractivity contribution in [1.29, 1.82) is 0 Å². The predicted molar refractivity (Wildman–Crippen MR) is 112 cm³/mol. The number of methoxy groups -OCH3 is 1. The van der Waals surface area contributed by atoms with E-state index < -0.39 is 0 Å². The predicted octanol–water partition coefficient (Wildman–Crippen LogP) is 4.41. The van der Waals surface area contributed by atoms with E-state index in [9.17, 15) is 0 Å². The van der Waals surface area contributed by atoms with E-state index in [-0.39, 0.29) is 0 Å². The third kappa shape index (κ3) is 3.41. The van der Waals surface area contributed by atoms with Gasteiger partial charge in [-0.3, -0.25) is 4.57 Å². The van der Waals surface area contributed by atoms with Crippen LogP contribution >= 0.6 is 11.8 Å². The molecule has 0 amide bonds. The molecule has 0 aliphatic carbocycles. The van der Waals surface area contributed by atoms with Gasteiger partial charge in [0.15, 0.2) is 5.16 Å². The molecular weight excluding hydrogens is 370 g/mol. The van der Waals surface area contributed by atoms with Crippen LogP contribution in [0.4, 0.5) is 0 Å². The highest BCUT2D eigenvalue weighted by atomic mass is 32.2. The molecule has 0 atom stereocenters. The number of ether oxygens (including phenoxy) is 1. The lowest BCUT2D eigenvalue weighted by atomic mass is 10.2. The van der Waals surface area contributed by atoms with Crippen molar-refractivity contribution in [2.45, 2.75) is 24.4 Å². The van der Waals surface area contributed by atoms with Gasteiger partial charge in [0.05, 0.1) is 23.9 Å². The van der Waals surface area contributed by atoms with E-state index in [2.05, 4.69) is 32.0 Å². The van der Waals surface area contributed by atoms with Crippen LogP contribution in [-0.4, -0.2) is 31.4 Å². The Morgan fingerprint density at radius 2 is 1.89 bits per heavy atom. The fourth-order valence-electron chi connectivity index (χ4n) is 3.13. The molecule has 0 bridgehead atoms. The number of hydrogen-bond acceptors (Lipinski definition) is 5. The molecule has 0 aliphatic rings. The van der Waals surface area contributed by atoms with Crippen LogP contribution < -0.4 is 4.74 Å². The summed E-state index contributed by atoms with van der Waals surface area (Å²) >= 11 is 1.63. The number of nitrogens with zero attached hydrogens (tertiary/aromatic N) is 5. The molecule has 4 rings (SSSR count). The Morgan fingerprint density at radius 3 is 2.64 bits per heavy atom. The van der Waals surface area contributed by atoms with Crippen LogP contribution in [0.3, 0.4) is 0 Å². The third-order valence-electron chi connectivity index (χ3n) is 4.50. The van der Waals surface area contributed by atoms with E-state index in [1.54, 1.807) is 18.9 Å². The fraction of sp³-hybridized carbons (Fsp3) is 0.190. The third-order valence-corrected chi connectivity index (χ3v) is 5.47. The highest BCUT2D eigenvalue weighted by Crippen LogP contribution is 2.28. The summed E-state index contributed by atoms with van der Waals surface area (Å²) in [5.41, 5.74) is 3.10. The maximum atomic E-state index is 5.29. The van der Waals surface area contributed by atoms with E-state index in [1.165, 1.54) is 0 Å². The second-order valence-corrected chi connectivity index (χ2v) is 7.21. The van der Waals surface area contributed by atoms with Gasteiger partial charge in [-0.25, -0.2) is 4.98 Å². The van der Waals surface area contributed by atoms with Gasteiger partial charge in [0.1, 0.15) is 17.4 Å². The SMILES string of the molecule is C=CCn1c(C)nnc1SCc1nc2ccccc2n1-c1ccc(OC)cc1. The Bertz CT molecular complexity index is 1110. The van der Waals surface area contributed by atoms with Gasteiger partial charge in [-0.1, -0.05) is 30.0 Å². The topological polar surface area (TPSA) is 57.8 Å². The standard InChI is InChI=1S/C21H21N5OS/c1-4-13-25-15(2)23-24-21(25)28-14-20-22-18-7-5-6-8-19(18)26(20)16-9-11-17(27-3)12-10-16/h4-12H,1,13-14H2,2-3H3. The molecule has 7 heteroatoms. The summed E-state index contributed by atoms with van der Waals surface area (Å²) in [5.74, 6) is 3.35. The molecular formula is C21H21N5OS. The summed E-state index contributed by atoms with van der Waals surface area (Å²) in [4.78, 5) is 4.86. The zero-order chi connectivity index (χ0) is 19.5. The molecule has 0 N–H and O–H groups in total. The molecule has 142 valence electrons.